The van der Waals surface area contributed by atoms with Crippen molar-refractivity contribution in [1.82, 2.24) is 0 Å². The smallest absolute Gasteiger partial charge is 0.166 e. The van der Waals surface area contributed by atoms with Crippen LogP contribution in [-0.4, -0.2) is 4.43 Å². The summed E-state index contributed by atoms with van der Waals surface area (Å²) in [5, 5.41) is 0. The fraction of sp³-hybridized carbons (Fsp3) is 0.333. The first-order valence-corrected chi connectivity index (χ1v) is 5.28. The summed E-state index contributed by atoms with van der Waals surface area (Å²) in [7, 11) is 0. The Morgan fingerprint density at radius 1 is 1.21 bits per heavy atom. The molecule has 0 saturated heterocycles. The molecular formula is C9H8F3IZn. The molecule has 0 unspecified atom stereocenters. The van der Waals surface area contributed by atoms with E-state index in [1.165, 1.54) is 12.1 Å². The molecule has 0 heterocycles. The zero-order chi connectivity index (χ0) is 9.90. The second kappa shape index (κ2) is 6.06. The van der Waals surface area contributed by atoms with Crippen molar-refractivity contribution >= 4 is 22.6 Å². The van der Waals surface area contributed by atoms with Gasteiger partial charge >= 0.3 is 6.18 Å². The predicted octanol–water partition coefficient (Wildman–Crippen LogP) is 3.68. The Balaban J connectivity index is 0.00000169. The summed E-state index contributed by atoms with van der Waals surface area (Å²) in [5.74, 6) is 0. The molecule has 0 nitrogen and oxygen atoms in total. The van der Waals surface area contributed by atoms with Crippen molar-refractivity contribution < 1.29 is 32.6 Å². The third kappa shape index (κ3) is 4.26. The molecule has 0 aliphatic rings. The summed E-state index contributed by atoms with van der Waals surface area (Å²) in [6.45, 7) is 0. The third-order valence-electron chi connectivity index (χ3n) is 1.64. The van der Waals surface area contributed by atoms with E-state index in [9.17, 15) is 13.2 Å². The summed E-state index contributed by atoms with van der Waals surface area (Å²) in [5.41, 5.74) is 0.180. The molecule has 0 saturated carbocycles. The van der Waals surface area contributed by atoms with Gasteiger partial charge in [0.15, 0.2) is 0 Å². The zero-order valence-corrected chi connectivity index (χ0v) is 12.6. The number of alkyl halides is 4. The fourth-order valence-electron chi connectivity index (χ4n) is 1.01. The van der Waals surface area contributed by atoms with Crippen molar-refractivity contribution in [3.63, 3.8) is 0 Å². The van der Waals surface area contributed by atoms with Gasteiger partial charge in [-0.3, -0.25) is 0 Å². The number of hydrogen-bond donors (Lipinski definition) is 0. The van der Waals surface area contributed by atoms with E-state index in [-0.39, 0.29) is 19.5 Å². The molecule has 0 N–H and O–H groups in total. The van der Waals surface area contributed by atoms with Crippen molar-refractivity contribution in [3.8, 4) is 0 Å². The first kappa shape index (κ1) is 14.4. The maximum atomic E-state index is 12.2. The predicted molar refractivity (Wildman–Crippen MR) is 54.0 cm³/mol. The van der Waals surface area contributed by atoms with Crippen LogP contribution in [0.4, 0.5) is 13.2 Å². The normalized spacial score (nSPS) is 10.9. The van der Waals surface area contributed by atoms with Crippen molar-refractivity contribution in [2.24, 2.45) is 0 Å². The first-order valence-electron chi connectivity index (χ1n) is 3.76. The van der Waals surface area contributed by atoms with Crippen molar-refractivity contribution in [2.75, 3.05) is 4.43 Å². The van der Waals surface area contributed by atoms with Gasteiger partial charge in [-0.15, -0.1) is 0 Å². The molecule has 0 bridgehead atoms. The molecule has 0 fully saturated rings. The molecule has 1 aromatic carbocycles. The van der Waals surface area contributed by atoms with E-state index in [0.29, 0.717) is 6.42 Å². The van der Waals surface area contributed by atoms with Gasteiger partial charge in [-0.2, -0.15) is 13.2 Å². The second-order valence-electron chi connectivity index (χ2n) is 2.64. The molecule has 0 amide bonds. The van der Waals surface area contributed by atoms with E-state index >= 15 is 0 Å². The van der Waals surface area contributed by atoms with Gasteiger partial charge in [0, 0.05) is 23.9 Å². The quantitative estimate of drug-likeness (QED) is 0.426. The van der Waals surface area contributed by atoms with E-state index in [1.54, 1.807) is 6.07 Å². The molecule has 0 spiro atoms. The SMILES string of the molecule is FC(F)(F)c1cccc(CCI)c1.[Zn]. The Morgan fingerprint density at radius 2 is 1.86 bits per heavy atom. The van der Waals surface area contributed by atoms with Crippen LogP contribution in [0.2, 0.25) is 0 Å². The van der Waals surface area contributed by atoms with Crippen LogP contribution in [0.5, 0.6) is 0 Å². The fourth-order valence-corrected chi connectivity index (χ4v) is 1.64. The van der Waals surface area contributed by atoms with E-state index in [1.807, 2.05) is 0 Å². The van der Waals surface area contributed by atoms with Gasteiger partial charge < -0.3 is 0 Å². The van der Waals surface area contributed by atoms with E-state index < -0.39 is 11.7 Å². The van der Waals surface area contributed by atoms with Crippen LogP contribution in [-0.2, 0) is 32.1 Å². The Morgan fingerprint density at radius 3 is 2.36 bits per heavy atom. The zero-order valence-electron chi connectivity index (χ0n) is 7.44. The van der Waals surface area contributed by atoms with Gasteiger partial charge in [-0.05, 0) is 18.1 Å². The average molecular weight is 365 g/mol. The third-order valence-corrected chi connectivity index (χ3v) is 2.18. The van der Waals surface area contributed by atoms with Gasteiger partial charge in [0.1, 0.15) is 0 Å². The molecule has 1 rings (SSSR count). The van der Waals surface area contributed by atoms with Crippen LogP contribution >= 0.6 is 22.6 Å². The minimum atomic E-state index is -4.22. The molecular weight excluding hydrogens is 357 g/mol. The molecule has 0 radical (unpaired) electrons. The van der Waals surface area contributed by atoms with Gasteiger partial charge in [0.25, 0.3) is 0 Å². The van der Waals surface area contributed by atoms with E-state index in [4.69, 9.17) is 0 Å². The summed E-state index contributed by atoms with van der Waals surface area (Å²) < 4.78 is 37.5. The van der Waals surface area contributed by atoms with E-state index in [2.05, 4.69) is 22.6 Å². The molecule has 0 aromatic heterocycles. The summed E-state index contributed by atoms with van der Waals surface area (Å²) in [6.07, 6.45) is -3.54. The van der Waals surface area contributed by atoms with Crippen LogP contribution in [0, 0.1) is 0 Å². The van der Waals surface area contributed by atoms with Gasteiger partial charge in [-0.1, -0.05) is 40.8 Å². The Labute approximate surface area is 107 Å². The monoisotopic (exact) mass is 364 g/mol. The van der Waals surface area contributed by atoms with Gasteiger partial charge in [0.05, 0.1) is 5.56 Å². The Kier molecular flexibility index (Phi) is 6.21. The van der Waals surface area contributed by atoms with Crippen LogP contribution in [0.1, 0.15) is 11.1 Å². The number of rotatable bonds is 2. The van der Waals surface area contributed by atoms with Crippen LogP contribution in [0.3, 0.4) is 0 Å². The maximum Gasteiger partial charge on any atom is 0.416 e. The van der Waals surface area contributed by atoms with Crippen molar-refractivity contribution in [1.29, 1.82) is 0 Å². The summed E-state index contributed by atoms with van der Waals surface area (Å²) >= 11 is 2.14. The van der Waals surface area contributed by atoms with E-state index in [0.717, 1.165) is 16.1 Å². The number of halogens is 4. The molecule has 0 aliphatic carbocycles. The molecule has 74 valence electrons. The van der Waals surface area contributed by atoms with Crippen molar-refractivity contribution in [2.45, 2.75) is 12.6 Å². The molecule has 14 heavy (non-hydrogen) atoms. The number of aryl methyl sites for hydroxylation is 1. The van der Waals surface area contributed by atoms with Gasteiger partial charge in [-0.25, -0.2) is 0 Å². The largest absolute Gasteiger partial charge is 0.416 e. The van der Waals surface area contributed by atoms with Crippen molar-refractivity contribution in [3.05, 3.63) is 35.4 Å². The van der Waals surface area contributed by atoms with Crippen LogP contribution in [0.25, 0.3) is 0 Å². The topological polar surface area (TPSA) is 0 Å². The molecule has 1 aromatic rings. The first-order chi connectivity index (χ1) is 6.04. The number of benzene rings is 1. The van der Waals surface area contributed by atoms with Crippen LogP contribution in [0.15, 0.2) is 24.3 Å². The Hall–Kier alpha value is 0.363. The minimum absolute atomic E-state index is 0. The van der Waals surface area contributed by atoms with Gasteiger partial charge in [0.2, 0.25) is 0 Å². The number of hydrogen-bond acceptors (Lipinski definition) is 0. The Bertz CT molecular complexity index is 286. The molecule has 0 aliphatic heterocycles. The second-order valence-corrected chi connectivity index (χ2v) is 3.72. The summed E-state index contributed by atoms with van der Waals surface area (Å²) in [6, 6.07) is 5.47. The standard InChI is InChI=1S/C9H8F3I.Zn/c10-9(11,12)8-3-1-2-7(6-8)4-5-13;/h1-3,6H,4-5H2;. The minimum Gasteiger partial charge on any atom is -0.166 e. The maximum absolute atomic E-state index is 12.2. The summed E-state index contributed by atoms with van der Waals surface area (Å²) in [4.78, 5) is 0. The molecule has 0 atom stereocenters. The van der Waals surface area contributed by atoms with Crippen LogP contribution < -0.4 is 0 Å². The molecule has 5 heteroatoms. The average Bonchev–Trinajstić information content (AvgIpc) is 2.04.